The van der Waals surface area contributed by atoms with Gasteiger partial charge in [-0.25, -0.2) is 25.1 Å². The molecule has 0 bridgehead atoms. The Labute approximate surface area is 324 Å². The van der Waals surface area contributed by atoms with Gasteiger partial charge in [0.2, 0.25) is 11.8 Å². The Morgan fingerprint density at radius 1 is 0.911 bits per heavy atom. The number of alkyl carbamates (subject to hydrolysis) is 1. The van der Waals surface area contributed by atoms with Gasteiger partial charge in [-0.2, -0.15) is 17.9 Å². The quantitative estimate of drug-likeness (QED) is 0.136. The second kappa shape index (κ2) is 16.5. The largest absolute Gasteiger partial charge is 0.490 e. The lowest BCUT2D eigenvalue weighted by Crippen LogP contribution is -2.58. The maximum absolute atomic E-state index is 13.4. The molecule has 0 unspecified atom stereocenters. The average Bonchev–Trinajstić information content (AvgIpc) is 3.43. The van der Waals surface area contributed by atoms with Crippen LogP contribution in [-0.2, 0) is 52.9 Å². The molecule has 0 saturated carbocycles. The Balaban J connectivity index is 1.62. The van der Waals surface area contributed by atoms with Crippen molar-refractivity contribution < 1.29 is 65.6 Å². The molecule has 4 rings (SSSR count). The first kappa shape index (κ1) is 44.1. The number of alkyl halides is 3. The van der Waals surface area contributed by atoms with Gasteiger partial charge in [0.05, 0.1) is 24.2 Å². The van der Waals surface area contributed by atoms with Gasteiger partial charge in [0, 0.05) is 13.1 Å². The smallest absolute Gasteiger partial charge is 0.486 e. The number of amides is 2. The molecule has 312 valence electrons. The molecule has 1 aromatic heterocycles. The van der Waals surface area contributed by atoms with E-state index >= 15 is 0 Å². The topological polar surface area (TPSA) is 174 Å². The maximum atomic E-state index is 13.4. The average molecular weight is 799 g/mol. The van der Waals surface area contributed by atoms with Crippen molar-refractivity contribution in [2.75, 3.05) is 19.6 Å². The van der Waals surface area contributed by atoms with Crippen molar-refractivity contribution in [1.29, 1.82) is 0 Å². The number of rotatable bonds is 11. The summed E-state index contributed by atoms with van der Waals surface area (Å²) in [7, 11) is 0. The van der Waals surface area contributed by atoms with Gasteiger partial charge < -0.3 is 33.9 Å². The van der Waals surface area contributed by atoms with E-state index in [0.717, 1.165) is 11.1 Å². The van der Waals surface area contributed by atoms with Crippen LogP contribution in [0, 0.1) is 5.92 Å². The van der Waals surface area contributed by atoms with Gasteiger partial charge in [-0.05, 0) is 105 Å². The SMILES string of the molecule is CC(C)(C)OC(=O)NC[C@@H](Cn1cc(-c2ccc3c(c2)CC[C@H]([C@](C)(ON)C(=O)OC(C)(C)C)O3)c[n+]1CC1CN(C(=O)OC(C)(C)C)C1)OC(=O)C(F)(F)F. The fourth-order valence-corrected chi connectivity index (χ4v) is 6.06. The summed E-state index contributed by atoms with van der Waals surface area (Å²) in [6, 6.07) is 5.44. The highest BCUT2D eigenvalue weighted by molar-refractivity contribution is 5.80. The molecule has 3 heterocycles. The molecule has 0 aliphatic carbocycles. The zero-order valence-corrected chi connectivity index (χ0v) is 33.7. The summed E-state index contributed by atoms with van der Waals surface area (Å²) in [6.45, 7) is 17.3. The van der Waals surface area contributed by atoms with E-state index < -0.39 is 71.5 Å². The predicted molar refractivity (Wildman–Crippen MR) is 194 cm³/mol. The minimum Gasteiger partial charge on any atom is -0.486 e. The molecule has 18 heteroatoms. The number of nitrogens with one attached hydrogen (secondary N) is 1. The van der Waals surface area contributed by atoms with Crippen LogP contribution in [0.4, 0.5) is 22.8 Å². The van der Waals surface area contributed by atoms with E-state index in [-0.39, 0.29) is 12.5 Å². The number of hydrogen-bond donors (Lipinski definition) is 2. The van der Waals surface area contributed by atoms with Crippen LogP contribution in [0.3, 0.4) is 0 Å². The van der Waals surface area contributed by atoms with E-state index in [2.05, 4.69) is 5.32 Å². The summed E-state index contributed by atoms with van der Waals surface area (Å²) in [5, 5.41) is 2.40. The number of benzene rings is 1. The molecule has 0 spiro atoms. The van der Waals surface area contributed by atoms with Crippen LogP contribution in [0.2, 0.25) is 0 Å². The first-order valence-electron chi connectivity index (χ1n) is 18.4. The second-order valence-electron chi connectivity index (χ2n) is 17.3. The summed E-state index contributed by atoms with van der Waals surface area (Å²) in [5.41, 5.74) is -1.69. The summed E-state index contributed by atoms with van der Waals surface area (Å²) >= 11 is 0. The number of hydrogen-bond acceptors (Lipinski definition) is 11. The molecule has 15 nitrogen and oxygen atoms in total. The van der Waals surface area contributed by atoms with Crippen molar-refractivity contribution in [3.8, 4) is 16.9 Å². The number of aryl methyl sites for hydroxylation is 1. The number of carbonyl (C=O) groups is 4. The number of ether oxygens (including phenoxy) is 5. The Hall–Kier alpha value is -4.58. The van der Waals surface area contributed by atoms with Gasteiger partial charge in [-0.15, -0.1) is 4.68 Å². The number of halogens is 3. The van der Waals surface area contributed by atoms with E-state index in [1.54, 1.807) is 101 Å². The summed E-state index contributed by atoms with van der Waals surface area (Å²) in [4.78, 5) is 56.8. The Morgan fingerprint density at radius 2 is 1.54 bits per heavy atom. The lowest BCUT2D eigenvalue weighted by Gasteiger charge is -2.38. The third-order valence-corrected chi connectivity index (χ3v) is 8.73. The van der Waals surface area contributed by atoms with Crippen LogP contribution in [0.15, 0.2) is 30.6 Å². The summed E-state index contributed by atoms with van der Waals surface area (Å²) < 4.78 is 70.8. The van der Waals surface area contributed by atoms with Crippen LogP contribution in [0.1, 0.15) is 81.2 Å². The molecule has 56 heavy (non-hydrogen) atoms. The zero-order valence-electron chi connectivity index (χ0n) is 33.7. The Bertz CT molecular complexity index is 1760. The molecule has 2 aliphatic rings. The molecule has 0 radical (unpaired) electrons. The molecular weight excluding hydrogens is 743 g/mol. The highest BCUT2D eigenvalue weighted by atomic mass is 19.4. The van der Waals surface area contributed by atoms with Crippen molar-refractivity contribution >= 4 is 24.1 Å². The third-order valence-electron chi connectivity index (χ3n) is 8.73. The van der Waals surface area contributed by atoms with E-state index in [4.69, 9.17) is 34.4 Å². The Morgan fingerprint density at radius 3 is 2.11 bits per heavy atom. The maximum Gasteiger partial charge on any atom is 0.490 e. The monoisotopic (exact) mass is 798 g/mol. The van der Waals surface area contributed by atoms with Crippen LogP contribution in [0.25, 0.3) is 11.1 Å². The van der Waals surface area contributed by atoms with Crippen molar-refractivity contribution in [2.24, 2.45) is 11.8 Å². The van der Waals surface area contributed by atoms with Gasteiger partial charge in [-0.3, -0.25) is 4.84 Å². The molecular formula is C38H55F3N5O10+. The lowest BCUT2D eigenvalue weighted by atomic mass is 9.89. The van der Waals surface area contributed by atoms with Crippen molar-refractivity contribution in [1.82, 2.24) is 14.9 Å². The summed E-state index contributed by atoms with van der Waals surface area (Å²) in [6.07, 6.45) is -4.47. The molecule has 1 saturated heterocycles. The molecule has 2 amide bonds. The molecule has 3 N–H and O–H groups in total. The van der Waals surface area contributed by atoms with E-state index in [1.165, 1.54) is 6.92 Å². The highest BCUT2D eigenvalue weighted by Gasteiger charge is 2.49. The third kappa shape index (κ3) is 12.0. The minimum absolute atomic E-state index is 0.0389. The van der Waals surface area contributed by atoms with Crippen LogP contribution < -0.4 is 20.6 Å². The number of nitrogens with zero attached hydrogens (tertiary/aromatic N) is 3. The van der Waals surface area contributed by atoms with E-state index in [1.807, 2.05) is 6.07 Å². The number of nitrogens with two attached hydrogens (primary N) is 1. The van der Waals surface area contributed by atoms with Gasteiger partial charge in [0.1, 0.15) is 41.3 Å². The van der Waals surface area contributed by atoms with E-state index in [9.17, 15) is 32.3 Å². The van der Waals surface area contributed by atoms with E-state index in [0.29, 0.717) is 43.8 Å². The number of esters is 2. The Kier molecular flexibility index (Phi) is 13.0. The molecule has 2 aromatic rings. The molecule has 3 atom stereocenters. The minimum atomic E-state index is -5.27. The molecule has 1 fully saturated rings. The van der Waals surface area contributed by atoms with Crippen molar-refractivity contribution in [3.05, 3.63) is 36.2 Å². The van der Waals surface area contributed by atoms with Gasteiger partial charge >= 0.3 is 30.3 Å². The molecule has 2 aliphatic heterocycles. The van der Waals surface area contributed by atoms with Gasteiger partial charge in [0.25, 0.3) is 0 Å². The van der Waals surface area contributed by atoms with Gasteiger partial charge in [-0.1, -0.05) is 6.07 Å². The normalized spacial score (nSPS) is 18.0. The second-order valence-corrected chi connectivity index (χ2v) is 17.3. The van der Waals surface area contributed by atoms with Crippen LogP contribution in [0.5, 0.6) is 5.75 Å². The number of likely N-dealkylation sites (tertiary alicyclic amines) is 1. The van der Waals surface area contributed by atoms with Gasteiger partial charge in [0.15, 0.2) is 6.54 Å². The summed E-state index contributed by atoms with van der Waals surface area (Å²) in [5.74, 6) is 3.01. The fraction of sp³-hybridized carbons (Fsp3) is 0.658. The lowest BCUT2D eigenvalue weighted by molar-refractivity contribution is -0.782. The van der Waals surface area contributed by atoms with Crippen molar-refractivity contribution in [3.63, 3.8) is 0 Å². The highest BCUT2D eigenvalue weighted by Crippen LogP contribution is 2.36. The number of carbonyl (C=O) groups excluding carboxylic acids is 4. The van der Waals surface area contributed by atoms with Crippen molar-refractivity contribution in [2.45, 2.75) is 136 Å². The number of fused-ring (bicyclic) bond motifs is 1. The first-order valence-corrected chi connectivity index (χ1v) is 18.4. The fourth-order valence-electron chi connectivity index (χ4n) is 6.06. The van der Waals surface area contributed by atoms with Crippen LogP contribution in [-0.4, -0.2) is 94.1 Å². The standard InChI is InChI=1S/C38H54F3N5O10/c1-34(2,3)53-30(47)37(10,56-42)29-14-12-25-15-24(11-13-28(25)52-29)26-20-45(19-23-17-44(18-23)33(50)55-36(7,8)9)46(21-26)22-27(51-31(48)38(39,40)41)16-43-32(49)54-35(4,5)6/h11,13,15,20-21,23,27,29H,12,14,16-19,22,42H2,1-10H3/p+1/t27-,29+,37-/m0/s1. The predicted octanol–water partition coefficient (Wildman–Crippen LogP) is 4.99. The molecule has 1 aromatic carbocycles. The first-order chi connectivity index (χ1) is 25.7. The zero-order chi connectivity index (χ0) is 42.0. The van der Waals surface area contributed by atoms with Crippen LogP contribution >= 0.6 is 0 Å². The number of aromatic nitrogens is 2.